The first-order chi connectivity index (χ1) is 16.6. The number of benzene rings is 3. The number of nitrogens with zero attached hydrogens (tertiary/aromatic N) is 6. The molecule has 0 aliphatic carbocycles. The number of phenolic OH excluding ortho intramolecular Hbond substituents is 1. The SMILES string of the molecule is CCn1c(/N=C/c2cc(C)c(O)c(/C=N/c3nc4ccccc4n3CC)c2)nc2ccccc21. The molecule has 7 nitrogen and oxygen atoms in total. The van der Waals surface area contributed by atoms with Gasteiger partial charge in [0.25, 0.3) is 0 Å². The van der Waals surface area contributed by atoms with Crippen molar-refractivity contribution in [2.75, 3.05) is 0 Å². The van der Waals surface area contributed by atoms with Gasteiger partial charge < -0.3 is 14.2 Å². The highest BCUT2D eigenvalue weighted by Crippen LogP contribution is 2.26. The largest absolute Gasteiger partial charge is 0.507 e. The maximum Gasteiger partial charge on any atom is 0.230 e. The van der Waals surface area contributed by atoms with Crippen LogP contribution in [0.5, 0.6) is 5.75 Å². The summed E-state index contributed by atoms with van der Waals surface area (Å²) >= 11 is 0. The van der Waals surface area contributed by atoms with Crippen LogP contribution in [-0.2, 0) is 13.1 Å². The van der Waals surface area contributed by atoms with E-state index in [0.29, 0.717) is 17.5 Å². The molecule has 0 fully saturated rings. The molecular formula is C27H26N6O. The van der Waals surface area contributed by atoms with E-state index in [4.69, 9.17) is 0 Å². The van der Waals surface area contributed by atoms with Crippen molar-refractivity contribution in [3.8, 4) is 5.75 Å². The first-order valence-electron chi connectivity index (χ1n) is 11.4. The Bertz CT molecular complexity index is 1560. The number of fused-ring (bicyclic) bond motifs is 2. The molecule has 2 heterocycles. The van der Waals surface area contributed by atoms with E-state index in [9.17, 15) is 5.11 Å². The summed E-state index contributed by atoms with van der Waals surface area (Å²) in [6.07, 6.45) is 3.44. The van der Waals surface area contributed by atoms with Gasteiger partial charge in [0.1, 0.15) is 5.75 Å². The second-order valence-electron chi connectivity index (χ2n) is 8.08. The van der Waals surface area contributed by atoms with Crippen LogP contribution in [0.1, 0.15) is 30.5 Å². The number of aromatic hydroxyl groups is 1. The summed E-state index contributed by atoms with van der Waals surface area (Å²) in [4.78, 5) is 18.6. The molecule has 7 heteroatoms. The van der Waals surface area contributed by atoms with Gasteiger partial charge in [0.15, 0.2) is 0 Å². The molecule has 0 spiro atoms. The highest BCUT2D eigenvalue weighted by Gasteiger charge is 2.10. The van der Waals surface area contributed by atoms with Gasteiger partial charge in [-0.05, 0) is 68.3 Å². The standard InChI is InChI=1S/C27H26N6O/c1-4-32-23-12-8-6-10-21(23)30-26(32)28-16-19-14-18(3)25(34)20(15-19)17-29-27-31-22-11-7-9-13-24(22)33(27)5-2/h6-17,34H,4-5H2,1-3H3/b28-16+,29-17+. The summed E-state index contributed by atoms with van der Waals surface area (Å²) in [5.41, 5.74) is 6.14. The van der Waals surface area contributed by atoms with Crippen LogP contribution < -0.4 is 0 Å². The summed E-state index contributed by atoms with van der Waals surface area (Å²) in [6.45, 7) is 7.54. The van der Waals surface area contributed by atoms with Crippen LogP contribution in [-0.4, -0.2) is 36.6 Å². The van der Waals surface area contributed by atoms with Gasteiger partial charge in [-0.1, -0.05) is 24.3 Å². The molecule has 0 saturated heterocycles. The third kappa shape index (κ3) is 3.85. The second kappa shape index (κ2) is 8.94. The van der Waals surface area contributed by atoms with Crippen molar-refractivity contribution in [1.29, 1.82) is 0 Å². The monoisotopic (exact) mass is 450 g/mol. The number of rotatable bonds is 6. The van der Waals surface area contributed by atoms with Crippen LogP contribution in [0.4, 0.5) is 11.9 Å². The first-order valence-corrected chi connectivity index (χ1v) is 11.4. The molecule has 5 rings (SSSR count). The number of phenols is 1. The zero-order valence-electron chi connectivity index (χ0n) is 19.5. The molecule has 170 valence electrons. The van der Waals surface area contributed by atoms with Crippen molar-refractivity contribution < 1.29 is 5.11 Å². The smallest absolute Gasteiger partial charge is 0.230 e. The van der Waals surface area contributed by atoms with Gasteiger partial charge in [0.2, 0.25) is 11.9 Å². The molecule has 0 amide bonds. The summed E-state index contributed by atoms with van der Waals surface area (Å²) in [6, 6.07) is 19.8. The lowest BCUT2D eigenvalue weighted by molar-refractivity contribution is 0.470. The fraction of sp³-hybridized carbons (Fsp3) is 0.185. The fourth-order valence-electron chi connectivity index (χ4n) is 4.21. The average molecular weight is 451 g/mol. The lowest BCUT2D eigenvalue weighted by Crippen LogP contribution is -1.95. The summed E-state index contributed by atoms with van der Waals surface area (Å²) < 4.78 is 4.13. The third-order valence-electron chi connectivity index (χ3n) is 5.90. The molecule has 0 aliphatic rings. The topological polar surface area (TPSA) is 80.6 Å². The maximum atomic E-state index is 10.6. The molecular weight excluding hydrogens is 424 g/mol. The molecule has 0 bridgehead atoms. The van der Waals surface area contributed by atoms with E-state index in [2.05, 4.69) is 42.9 Å². The van der Waals surface area contributed by atoms with Crippen LogP contribution in [0.15, 0.2) is 70.6 Å². The number of aryl methyl sites for hydroxylation is 3. The molecule has 3 aromatic carbocycles. The average Bonchev–Trinajstić information content (AvgIpc) is 3.40. The Balaban J connectivity index is 1.50. The molecule has 0 saturated carbocycles. The molecule has 2 aromatic heterocycles. The Labute approximate surface area is 197 Å². The minimum absolute atomic E-state index is 0.195. The number of hydrogen-bond acceptors (Lipinski definition) is 5. The quantitative estimate of drug-likeness (QED) is 0.325. The molecule has 0 radical (unpaired) electrons. The normalized spacial score (nSPS) is 12.1. The second-order valence-corrected chi connectivity index (χ2v) is 8.08. The summed E-state index contributed by atoms with van der Waals surface area (Å²) in [7, 11) is 0. The zero-order valence-corrected chi connectivity index (χ0v) is 19.5. The van der Waals surface area contributed by atoms with E-state index < -0.39 is 0 Å². The van der Waals surface area contributed by atoms with Gasteiger partial charge in [-0.25, -0.2) is 20.0 Å². The van der Waals surface area contributed by atoms with Crippen molar-refractivity contribution in [3.05, 3.63) is 77.4 Å². The van der Waals surface area contributed by atoms with E-state index in [1.54, 1.807) is 12.4 Å². The van der Waals surface area contributed by atoms with Crippen molar-refractivity contribution in [2.24, 2.45) is 9.98 Å². The van der Waals surface area contributed by atoms with E-state index in [1.165, 1.54) is 0 Å². The predicted molar refractivity (Wildman–Crippen MR) is 138 cm³/mol. The van der Waals surface area contributed by atoms with Gasteiger partial charge in [-0.3, -0.25) is 0 Å². The molecule has 0 aliphatic heterocycles. The number of para-hydroxylation sites is 4. The number of hydrogen-bond donors (Lipinski definition) is 1. The van der Waals surface area contributed by atoms with Gasteiger partial charge in [0.05, 0.1) is 22.1 Å². The van der Waals surface area contributed by atoms with Crippen LogP contribution >= 0.6 is 0 Å². The van der Waals surface area contributed by atoms with Crippen molar-refractivity contribution in [1.82, 2.24) is 19.1 Å². The van der Waals surface area contributed by atoms with Gasteiger partial charge in [-0.2, -0.15) is 0 Å². The van der Waals surface area contributed by atoms with Gasteiger partial charge >= 0.3 is 0 Å². The fourth-order valence-corrected chi connectivity index (χ4v) is 4.21. The van der Waals surface area contributed by atoms with Crippen LogP contribution in [0.3, 0.4) is 0 Å². The predicted octanol–water partition coefficient (Wildman–Crippen LogP) is 5.94. The molecule has 1 N–H and O–H groups in total. The van der Waals surface area contributed by atoms with Crippen LogP contribution in [0.25, 0.3) is 22.1 Å². The molecule has 5 aromatic rings. The molecule has 0 unspecified atom stereocenters. The number of imidazole rings is 2. The minimum Gasteiger partial charge on any atom is -0.507 e. The first kappa shape index (κ1) is 21.6. The van der Waals surface area contributed by atoms with Gasteiger partial charge in [-0.15, -0.1) is 0 Å². The number of aliphatic imine (C=N–C) groups is 2. The zero-order chi connectivity index (χ0) is 23.7. The Hall–Kier alpha value is -4.26. The summed E-state index contributed by atoms with van der Waals surface area (Å²) in [5.74, 6) is 1.46. The van der Waals surface area contributed by atoms with Crippen molar-refractivity contribution in [3.63, 3.8) is 0 Å². The maximum absolute atomic E-state index is 10.6. The van der Waals surface area contributed by atoms with E-state index in [-0.39, 0.29) is 5.75 Å². The van der Waals surface area contributed by atoms with Crippen molar-refractivity contribution in [2.45, 2.75) is 33.9 Å². The highest BCUT2D eigenvalue weighted by atomic mass is 16.3. The lowest BCUT2D eigenvalue weighted by Gasteiger charge is -2.06. The lowest BCUT2D eigenvalue weighted by atomic mass is 10.1. The Morgan fingerprint density at radius 2 is 1.32 bits per heavy atom. The molecule has 0 atom stereocenters. The third-order valence-corrected chi connectivity index (χ3v) is 5.90. The number of aromatic nitrogens is 4. The van der Waals surface area contributed by atoms with Crippen LogP contribution in [0, 0.1) is 6.92 Å². The Kier molecular flexibility index (Phi) is 5.67. The Morgan fingerprint density at radius 3 is 1.88 bits per heavy atom. The Morgan fingerprint density at radius 1 is 0.794 bits per heavy atom. The van der Waals surface area contributed by atoms with E-state index >= 15 is 0 Å². The highest BCUT2D eigenvalue weighted by molar-refractivity contribution is 5.91. The van der Waals surface area contributed by atoms with Crippen molar-refractivity contribution >= 4 is 46.4 Å². The van der Waals surface area contributed by atoms with E-state index in [0.717, 1.165) is 46.3 Å². The minimum atomic E-state index is 0.195. The van der Waals surface area contributed by atoms with E-state index in [1.807, 2.05) is 67.6 Å². The summed E-state index contributed by atoms with van der Waals surface area (Å²) in [5, 5.41) is 10.6. The molecule has 34 heavy (non-hydrogen) atoms. The van der Waals surface area contributed by atoms with Gasteiger partial charge in [0, 0.05) is 31.1 Å². The van der Waals surface area contributed by atoms with Crippen LogP contribution in [0.2, 0.25) is 0 Å².